The minimum Gasteiger partial charge on any atom is -0.367 e. The van der Waals surface area contributed by atoms with Crippen LogP contribution < -0.4 is 14.9 Å². The zero-order valence-corrected chi connectivity index (χ0v) is 20.1. The van der Waals surface area contributed by atoms with E-state index in [1.807, 2.05) is 0 Å². The Balaban J connectivity index is 1.35. The van der Waals surface area contributed by atoms with Gasteiger partial charge in [0.25, 0.3) is 10.0 Å². The van der Waals surface area contributed by atoms with E-state index in [1.165, 1.54) is 23.5 Å². The summed E-state index contributed by atoms with van der Waals surface area (Å²) in [5, 5.41) is 3.67. The fourth-order valence-corrected chi connectivity index (χ4v) is 6.59. The topological polar surface area (TPSA) is 87.2 Å². The van der Waals surface area contributed by atoms with Crippen LogP contribution in [0.15, 0.2) is 41.6 Å². The molecule has 0 atom stereocenters. The first-order valence-electron chi connectivity index (χ1n) is 10.8. The fraction of sp³-hybridized carbons (Fsp3) is 0.364. The number of hydrogen-bond donors (Lipinski definition) is 2. The number of nitrogens with zero attached hydrogens (tertiary/aromatic N) is 3. The Morgan fingerprint density at radius 3 is 2.82 bits per heavy atom. The minimum absolute atomic E-state index is 0.0622. The quantitative estimate of drug-likeness (QED) is 0.521. The first kappa shape index (κ1) is 22.5. The Kier molecular flexibility index (Phi) is 6.26. The number of fused-ring (bicyclic) bond motifs is 1. The molecule has 0 spiro atoms. The van der Waals surface area contributed by atoms with Gasteiger partial charge in [-0.2, -0.15) is 4.37 Å². The number of hydrogen-bond acceptors (Lipinski definition) is 7. The SMILES string of the molecule is O=S(=O)(Nc1ncns1)c1cc(Cl)c(CN2CCc3cc(C4CCNCC4)ccc32)cc1F. The fourth-order valence-electron chi connectivity index (χ4n) is 4.55. The van der Waals surface area contributed by atoms with Gasteiger partial charge in [-0.25, -0.2) is 17.8 Å². The summed E-state index contributed by atoms with van der Waals surface area (Å²) in [6, 6.07) is 9.02. The van der Waals surface area contributed by atoms with E-state index in [0.717, 1.165) is 62.2 Å². The summed E-state index contributed by atoms with van der Waals surface area (Å²) in [6.07, 6.45) is 4.45. The smallest absolute Gasteiger partial charge is 0.266 e. The first-order chi connectivity index (χ1) is 15.9. The molecule has 0 unspecified atom stereocenters. The van der Waals surface area contributed by atoms with E-state index >= 15 is 0 Å². The molecule has 1 fully saturated rings. The first-order valence-corrected chi connectivity index (χ1v) is 13.4. The van der Waals surface area contributed by atoms with Crippen molar-refractivity contribution in [2.24, 2.45) is 0 Å². The molecule has 2 aromatic carbocycles. The average Bonchev–Trinajstić information content (AvgIpc) is 3.46. The highest BCUT2D eigenvalue weighted by Gasteiger charge is 2.26. The van der Waals surface area contributed by atoms with Crippen molar-refractivity contribution in [2.45, 2.75) is 36.6 Å². The van der Waals surface area contributed by atoms with Gasteiger partial charge in [0, 0.05) is 35.3 Å². The molecular formula is C22H23ClFN5O2S2. The van der Waals surface area contributed by atoms with Crippen LogP contribution in [-0.2, 0) is 23.0 Å². The monoisotopic (exact) mass is 507 g/mol. The van der Waals surface area contributed by atoms with Gasteiger partial charge in [0.2, 0.25) is 5.13 Å². The number of rotatable bonds is 6. The summed E-state index contributed by atoms with van der Waals surface area (Å²) in [6.45, 7) is 3.32. The molecule has 0 saturated carbocycles. The number of aromatic nitrogens is 2. The standard InChI is InChI=1S/C22H23ClFN5O2S2/c23-18-11-21(33(30,31)28-22-26-13-27-32-22)19(24)10-17(18)12-29-8-5-16-9-15(1-2-20(16)29)14-3-6-25-7-4-14/h1-2,9-11,13-14,25H,3-8,12H2,(H,26,27,28). The normalized spacial score (nSPS) is 16.7. The molecule has 1 saturated heterocycles. The Morgan fingerprint density at radius 2 is 2.06 bits per heavy atom. The highest BCUT2D eigenvalue weighted by atomic mass is 35.5. The molecule has 3 heterocycles. The second-order valence-electron chi connectivity index (χ2n) is 8.31. The van der Waals surface area contributed by atoms with E-state index in [0.29, 0.717) is 18.0 Å². The van der Waals surface area contributed by atoms with Gasteiger partial charge < -0.3 is 10.2 Å². The molecule has 2 aliphatic rings. The van der Waals surface area contributed by atoms with Crippen LogP contribution in [-0.4, -0.2) is 37.4 Å². The van der Waals surface area contributed by atoms with E-state index in [9.17, 15) is 12.8 Å². The second kappa shape index (κ2) is 9.17. The highest BCUT2D eigenvalue weighted by Crippen LogP contribution is 2.35. The molecule has 7 nitrogen and oxygen atoms in total. The number of sulfonamides is 1. The number of nitrogens with one attached hydrogen (secondary N) is 2. The summed E-state index contributed by atoms with van der Waals surface area (Å²) in [7, 11) is -4.16. The summed E-state index contributed by atoms with van der Waals surface area (Å²) in [5.74, 6) is -0.260. The van der Waals surface area contributed by atoms with Gasteiger partial charge in [0.05, 0.1) is 0 Å². The van der Waals surface area contributed by atoms with Crippen LogP contribution in [0.5, 0.6) is 0 Å². The summed E-state index contributed by atoms with van der Waals surface area (Å²) in [5.41, 5.74) is 4.35. The van der Waals surface area contributed by atoms with Gasteiger partial charge >= 0.3 is 0 Å². The summed E-state index contributed by atoms with van der Waals surface area (Å²) < 4.78 is 45.9. The molecule has 174 valence electrons. The van der Waals surface area contributed by atoms with E-state index in [-0.39, 0.29) is 10.2 Å². The van der Waals surface area contributed by atoms with Crippen molar-refractivity contribution in [3.63, 3.8) is 0 Å². The Labute approximate surface area is 201 Å². The summed E-state index contributed by atoms with van der Waals surface area (Å²) >= 11 is 7.27. The van der Waals surface area contributed by atoms with Crippen LogP contribution in [0.3, 0.4) is 0 Å². The van der Waals surface area contributed by atoms with Crippen LogP contribution in [0, 0.1) is 5.82 Å². The Morgan fingerprint density at radius 1 is 1.24 bits per heavy atom. The van der Waals surface area contributed by atoms with Gasteiger partial charge in [0.1, 0.15) is 17.0 Å². The number of benzene rings is 2. The lowest BCUT2D eigenvalue weighted by molar-refractivity contribution is 0.460. The molecule has 2 N–H and O–H groups in total. The van der Waals surface area contributed by atoms with Crippen LogP contribution in [0.2, 0.25) is 5.02 Å². The van der Waals surface area contributed by atoms with Crippen LogP contribution in [0.1, 0.15) is 35.4 Å². The van der Waals surface area contributed by atoms with Gasteiger partial charge in [-0.15, -0.1) is 0 Å². The molecule has 1 aromatic heterocycles. The van der Waals surface area contributed by atoms with Crippen molar-refractivity contribution in [3.8, 4) is 0 Å². The number of piperidine rings is 1. The summed E-state index contributed by atoms with van der Waals surface area (Å²) in [4.78, 5) is 5.42. The largest absolute Gasteiger partial charge is 0.367 e. The predicted molar refractivity (Wildman–Crippen MR) is 128 cm³/mol. The molecule has 33 heavy (non-hydrogen) atoms. The van der Waals surface area contributed by atoms with Crippen molar-refractivity contribution in [2.75, 3.05) is 29.3 Å². The zero-order valence-electron chi connectivity index (χ0n) is 17.7. The van der Waals surface area contributed by atoms with E-state index in [2.05, 4.69) is 42.5 Å². The predicted octanol–water partition coefficient (Wildman–Crippen LogP) is 4.16. The van der Waals surface area contributed by atoms with Gasteiger partial charge in [-0.05, 0) is 73.2 Å². The van der Waals surface area contributed by atoms with Crippen molar-refractivity contribution in [1.82, 2.24) is 14.7 Å². The molecule has 2 aliphatic heterocycles. The van der Waals surface area contributed by atoms with E-state index in [4.69, 9.17) is 11.6 Å². The van der Waals surface area contributed by atoms with Gasteiger partial charge in [0.15, 0.2) is 0 Å². The van der Waals surface area contributed by atoms with Gasteiger partial charge in [-0.3, -0.25) is 4.72 Å². The van der Waals surface area contributed by atoms with Crippen molar-refractivity contribution in [3.05, 3.63) is 64.2 Å². The molecular weight excluding hydrogens is 485 g/mol. The van der Waals surface area contributed by atoms with Crippen LogP contribution in [0.25, 0.3) is 0 Å². The third kappa shape index (κ3) is 4.70. The molecule has 0 amide bonds. The molecule has 3 aromatic rings. The zero-order chi connectivity index (χ0) is 23.0. The lowest BCUT2D eigenvalue weighted by atomic mass is 9.89. The number of anilines is 2. The van der Waals surface area contributed by atoms with E-state index < -0.39 is 20.7 Å². The molecule has 11 heteroatoms. The molecule has 5 rings (SSSR count). The van der Waals surface area contributed by atoms with Crippen molar-refractivity contribution in [1.29, 1.82) is 0 Å². The Bertz CT molecular complexity index is 1260. The molecule has 0 bridgehead atoms. The highest BCUT2D eigenvalue weighted by molar-refractivity contribution is 7.93. The average molecular weight is 508 g/mol. The third-order valence-corrected chi connectivity index (χ3v) is 8.66. The minimum atomic E-state index is -4.16. The lowest BCUT2D eigenvalue weighted by Crippen LogP contribution is -2.26. The number of halogens is 2. The van der Waals surface area contributed by atoms with E-state index in [1.54, 1.807) is 0 Å². The molecule has 0 radical (unpaired) electrons. The van der Waals surface area contributed by atoms with Gasteiger partial charge in [-0.1, -0.05) is 23.7 Å². The van der Waals surface area contributed by atoms with Crippen LogP contribution in [0.4, 0.5) is 15.2 Å². The second-order valence-corrected chi connectivity index (χ2v) is 11.1. The van der Waals surface area contributed by atoms with Crippen molar-refractivity contribution < 1.29 is 12.8 Å². The van der Waals surface area contributed by atoms with Crippen molar-refractivity contribution >= 4 is 44.0 Å². The maximum atomic E-state index is 14.8. The Hall–Kier alpha value is -2.27. The molecule has 0 aliphatic carbocycles. The maximum absolute atomic E-state index is 14.8. The third-order valence-electron chi connectivity index (χ3n) is 6.24. The maximum Gasteiger partial charge on any atom is 0.266 e. The van der Waals surface area contributed by atoms with Crippen LogP contribution >= 0.6 is 23.1 Å². The lowest BCUT2D eigenvalue weighted by Gasteiger charge is -2.24.